The standard InChI is InChI=1S/C27H29N5O3/c1-2-23(33)31-17-14-22(18-12-15-29-16-13-18)32-27(31)24(26(28)34)25(30-32)19-8-10-21(11-9-19)35-20-6-4-3-5-7-20/h2-11,18,22,29H,1,12-17H2,(H2,28,34)/t22-/m0/s1. The first-order valence-corrected chi connectivity index (χ1v) is 12.0. The largest absolute Gasteiger partial charge is 0.457 e. The van der Waals surface area contributed by atoms with Crippen molar-refractivity contribution in [2.24, 2.45) is 11.7 Å². The van der Waals surface area contributed by atoms with Crippen molar-refractivity contribution < 1.29 is 14.3 Å². The molecule has 180 valence electrons. The minimum Gasteiger partial charge on any atom is -0.457 e. The maximum atomic E-state index is 12.7. The topological polar surface area (TPSA) is 102 Å². The van der Waals surface area contributed by atoms with Gasteiger partial charge in [0.15, 0.2) is 0 Å². The van der Waals surface area contributed by atoms with Gasteiger partial charge in [0.25, 0.3) is 11.8 Å². The van der Waals surface area contributed by atoms with Crippen LogP contribution in [-0.2, 0) is 4.79 Å². The summed E-state index contributed by atoms with van der Waals surface area (Å²) >= 11 is 0. The Kier molecular flexibility index (Phi) is 6.37. The molecule has 0 aliphatic carbocycles. The van der Waals surface area contributed by atoms with Crippen LogP contribution in [0.4, 0.5) is 5.82 Å². The minimum atomic E-state index is -0.612. The number of hydrogen-bond donors (Lipinski definition) is 2. The molecule has 1 saturated heterocycles. The Hall–Kier alpha value is -3.91. The molecule has 8 nitrogen and oxygen atoms in total. The molecule has 2 aliphatic heterocycles. The minimum absolute atomic E-state index is 0.0912. The normalized spacial score (nSPS) is 18.1. The number of hydrogen-bond acceptors (Lipinski definition) is 5. The first-order chi connectivity index (χ1) is 17.1. The molecule has 0 spiro atoms. The van der Waals surface area contributed by atoms with Gasteiger partial charge in [0.1, 0.15) is 28.6 Å². The van der Waals surface area contributed by atoms with Crippen LogP contribution < -0.4 is 20.7 Å². The Morgan fingerprint density at radius 1 is 1.03 bits per heavy atom. The summed E-state index contributed by atoms with van der Waals surface area (Å²) in [4.78, 5) is 27.1. The zero-order valence-corrected chi connectivity index (χ0v) is 19.5. The number of rotatable bonds is 6. The van der Waals surface area contributed by atoms with Crippen LogP contribution in [0.2, 0.25) is 0 Å². The summed E-state index contributed by atoms with van der Waals surface area (Å²) in [6.07, 6.45) is 4.07. The van der Waals surface area contributed by atoms with Gasteiger partial charge < -0.3 is 15.8 Å². The molecule has 8 heteroatoms. The van der Waals surface area contributed by atoms with E-state index in [1.54, 1.807) is 4.90 Å². The van der Waals surface area contributed by atoms with E-state index in [-0.39, 0.29) is 17.5 Å². The van der Waals surface area contributed by atoms with E-state index in [0.717, 1.165) is 43.7 Å². The van der Waals surface area contributed by atoms with Crippen LogP contribution in [0.15, 0.2) is 67.3 Å². The number of nitrogens with two attached hydrogens (primary N) is 1. The van der Waals surface area contributed by atoms with Crippen molar-refractivity contribution in [1.29, 1.82) is 0 Å². The molecule has 2 amide bonds. The van der Waals surface area contributed by atoms with Gasteiger partial charge in [0.2, 0.25) is 0 Å². The number of fused-ring (bicyclic) bond motifs is 1. The van der Waals surface area contributed by atoms with E-state index in [2.05, 4.69) is 11.9 Å². The molecule has 0 unspecified atom stereocenters. The van der Waals surface area contributed by atoms with Crippen molar-refractivity contribution in [1.82, 2.24) is 15.1 Å². The van der Waals surface area contributed by atoms with Gasteiger partial charge >= 0.3 is 0 Å². The van der Waals surface area contributed by atoms with Gasteiger partial charge in [-0.25, -0.2) is 4.68 Å². The first kappa shape index (κ1) is 22.9. The van der Waals surface area contributed by atoms with Crippen molar-refractivity contribution in [2.45, 2.75) is 25.3 Å². The van der Waals surface area contributed by atoms with Crippen LogP contribution in [0.5, 0.6) is 11.5 Å². The number of piperidine rings is 1. The van der Waals surface area contributed by atoms with Crippen molar-refractivity contribution in [3.05, 3.63) is 72.8 Å². The molecule has 5 rings (SSSR count). The van der Waals surface area contributed by atoms with Crippen molar-refractivity contribution in [3.63, 3.8) is 0 Å². The lowest BCUT2D eigenvalue weighted by atomic mass is 9.87. The Morgan fingerprint density at radius 3 is 2.37 bits per heavy atom. The quantitative estimate of drug-likeness (QED) is 0.531. The van der Waals surface area contributed by atoms with Crippen LogP contribution in [-0.4, -0.2) is 41.2 Å². The predicted molar refractivity (Wildman–Crippen MR) is 134 cm³/mol. The van der Waals surface area contributed by atoms with Gasteiger partial charge in [-0.3, -0.25) is 14.5 Å². The number of nitrogens with one attached hydrogen (secondary N) is 1. The van der Waals surface area contributed by atoms with Crippen LogP contribution in [0.3, 0.4) is 0 Å². The average molecular weight is 472 g/mol. The summed E-state index contributed by atoms with van der Waals surface area (Å²) in [6, 6.07) is 17.0. The van der Waals surface area contributed by atoms with E-state index < -0.39 is 5.91 Å². The second kappa shape index (κ2) is 9.76. The van der Waals surface area contributed by atoms with Crippen molar-refractivity contribution >= 4 is 17.6 Å². The van der Waals surface area contributed by atoms with Crippen LogP contribution in [0, 0.1) is 5.92 Å². The SMILES string of the molecule is C=CC(=O)N1CC[C@@H](C2CCNCC2)n2nc(-c3ccc(Oc4ccccc4)cc3)c(C(N)=O)c21. The fourth-order valence-electron chi connectivity index (χ4n) is 5.13. The van der Waals surface area contributed by atoms with Gasteiger partial charge in [-0.05, 0) is 80.7 Å². The molecule has 0 bridgehead atoms. The summed E-state index contributed by atoms with van der Waals surface area (Å²) in [7, 11) is 0. The Labute approximate surface area is 204 Å². The third-order valence-corrected chi connectivity index (χ3v) is 6.83. The number of nitrogens with zero attached hydrogens (tertiary/aromatic N) is 3. The van der Waals surface area contributed by atoms with E-state index in [1.807, 2.05) is 59.3 Å². The summed E-state index contributed by atoms with van der Waals surface area (Å²) in [5.74, 6) is 1.40. The number of para-hydroxylation sites is 1. The number of primary amides is 1. The molecular formula is C27H29N5O3. The second-order valence-corrected chi connectivity index (χ2v) is 8.93. The Bertz CT molecular complexity index is 1230. The predicted octanol–water partition coefficient (Wildman–Crippen LogP) is 3.90. The van der Waals surface area contributed by atoms with Crippen molar-refractivity contribution in [3.8, 4) is 22.8 Å². The highest BCUT2D eigenvalue weighted by Gasteiger charge is 2.38. The van der Waals surface area contributed by atoms with Gasteiger partial charge in [0, 0.05) is 12.1 Å². The molecule has 35 heavy (non-hydrogen) atoms. The highest BCUT2D eigenvalue weighted by atomic mass is 16.5. The zero-order chi connectivity index (χ0) is 24.4. The molecule has 1 fully saturated rings. The summed E-state index contributed by atoms with van der Waals surface area (Å²) in [5, 5.41) is 8.31. The molecule has 1 aromatic heterocycles. The number of benzene rings is 2. The molecule has 2 aliphatic rings. The highest BCUT2D eigenvalue weighted by molar-refractivity contribution is 6.09. The third kappa shape index (κ3) is 4.44. The smallest absolute Gasteiger partial charge is 0.254 e. The van der Waals surface area contributed by atoms with Gasteiger partial charge in [0.05, 0.1) is 6.04 Å². The lowest BCUT2D eigenvalue weighted by Gasteiger charge is -2.38. The number of carbonyl (C=O) groups excluding carboxylic acids is 2. The maximum Gasteiger partial charge on any atom is 0.254 e. The highest BCUT2D eigenvalue weighted by Crippen LogP contribution is 2.42. The van der Waals surface area contributed by atoms with E-state index >= 15 is 0 Å². The van der Waals surface area contributed by atoms with Crippen molar-refractivity contribution in [2.75, 3.05) is 24.5 Å². The number of aromatic nitrogens is 2. The molecule has 2 aromatic carbocycles. The van der Waals surface area contributed by atoms with E-state index in [4.69, 9.17) is 15.6 Å². The summed E-state index contributed by atoms with van der Waals surface area (Å²) < 4.78 is 7.77. The van der Waals surface area contributed by atoms with Crippen LogP contribution in [0.1, 0.15) is 35.7 Å². The van der Waals surface area contributed by atoms with Crippen LogP contribution >= 0.6 is 0 Å². The number of ether oxygens (including phenoxy) is 1. The van der Waals surface area contributed by atoms with Crippen LogP contribution in [0.25, 0.3) is 11.3 Å². The Morgan fingerprint density at radius 2 is 1.71 bits per heavy atom. The molecule has 0 radical (unpaired) electrons. The van der Waals surface area contributed by atoms with Gasteiger partial charge in [-0.2, -0.15) is 5.10 Å². The van der Waals surface area contributed by atoms with E-state index in [0.29, 0.717) is 29.7 Å². The monoisotopic (exact) mass is 471 g/mol. The van der Waals surface area contributed by atoms with Gasteiger partial charge in [-0.15, -0.1) is 0 Å². The summed E-state index contributed by atoms with van der Waals surface area (Å²) in [6.45, 7) is 6.04. The lowest BCUT2D eigenvalue weighted by Crippen LogP contribution is -2.43. The fourth-order valence-corrected chi connectivity index (χ4v) is 5.13. The van der Waals surface area contributed by atoms with E-state index in [1.165, 1.54) is 6.08 Å². The Balaban J connectivity index is 1.56. The maximum absolute atomic E-state index is 12.7. The first-order valence-electron chi connectivity index (χ1n) is 12.0. The molecule has 3 aromatic rings. The summed E-state index contributed by atoms with van der Waals surface area (Å²) in [5.41, 5.74) is 7.36. The molecule has 1 atom stereocenters. The molecule has 3 heterocycles. The molecule has 3 N–H and O–H groups in total. The fraction of sp³-hybridized carbons (Fsp3) is 0.296. The van der Waals surface area contributed by atoms with E-state index in [9.17, 15) is 9.59 Å². The molecule has 0 saturated carbocycles. The number of carbonyl (C=O) groups is 2. The average Bonchev–Trinajstić information content (AvgIpc) is 3.30. The lowest BCUT2D eigenvalue weighted by molar-refractivity contribution is -0.114. The second-order valence-electron chi connectivity index (χ2n) is 8.93. The number of anilines is 1. The zero-order valence-electron chi connectivity index (χ0n) is 19.5. The molecular weight excluding hydrogens is 442 g/mol. The van der Waals surface area contributed by atoms with Gasteiger partial charge in [-0.1, -0.05) is 24.8 Å². The number of amides is 2. The third-order valence-electron chi connectivity index (χ3n) is 6.83.